The summed E-state index contributed by atoms with van der Waals surface area (Å²) in [4.78, 5) is 4.49. The molecule has 0 aliphatic rings. The van der Waals surface area contributed by atoms with E-state index in [-0.39, 0.29) is 16.8 Å². The average molecular weight is 313 g/mol. The molecule has 21 heavy (non-hydrogen) atoms. The second kappa shape index (κ2) is 5.93. The zero-order valence-electron chi connectivity index (χ0n) is 13.2. The van der Waals surface area contributed by atoms with Crippen molar-refractivity contribution >= 4 is 22.6 Å². The molecule has 3 nitrogen and oxygen atoms in total. The minimum absolute atomic E-state index is 0.245. The quantitative estimate of drug-likeness (QED) is 0.754. The van der Waals surface area contributed by atoms with E-state index in [4.69, 9.17) is 16.3 Å². The molecule has 2 rings (SSSR count). The highest BCUT2D eigenvalue weighted by Crippen LogP contribution is 2.28. The van der Waals surface area contributed by atoms with Crippen LogP contribution in [0, 0.1) is 12.7 Å². The van der Waals surface area contributed by atoms with Gasteiger partial charge in [-0.3, -0.25) is 0 Å². The van der Waals surface area contributed by atoms with E-state index in [1.165, 1.54) is 6.07 Å². The Kier molecular flexibility index (Phi) is 4.59. The van der Waals surface area contributed by atoms with Crippen LogP contribution in [0.4, 0.5) is 4.39 Å². The highest BCUT2D eigenvalue weighted by atomic mass is 35.5. The number of hydrogen-bond acceptors (Lipinski definition) is 2. The number of benzene rings is 1. The van der Waals surface area contributed by atoms with Gasteiger partial charge in [0.25, 0.3) is 0 Å². The predicted octanol–water partition coefficient (Wildman–Crippen LogP) is 4.60. The van der Waals surface area contributed by atoms with E-state index in [9.17, 15) is 4.39 Å². The Balaban J connectivity index is 2.58. The Hall–Kier alpha value is -1.13. The lowest BCUT2D eigenvalue weighted by Crippen LogP contribution is -2.31. The fraction of sp³-hybridized carbons (Fsp3) is 0.562. The van der Waals surface area contributed by atoms with Crippen molar-refractivity contribution in [2.24, 2.45) is 0 Å². The maximum atomic E-state index is 13.7. The van der Waals surface area contributed by atoms with Crippen molar-refractivity contribution in [1.29, 1.82) is 0 Å². The zero-order chi connectivity index (χ0) is 15.8. The van der Waals surface area contributed by atoms with Crippen molar-refractivity contribution < 1.29 is 9.13 Å². The Morgan fingerprint density at radius 1 is 1.43 bits per heavy atom. The summed E-state index contributed by atoms with van der Waals surface area (Å²) in [5, 5.41) is -0.252. The summed E-state index contributed by atoms with van der Waals surface area (Å²) in [6.07, 6.45) is 0. The van der Waals surface area contributed by atoms with Crippen LogP contribution in [-0.2, 0) is 11.3 Å². The topological polar surface area (TPSA) is 27.1 Å². The molecule has 0 spiro atoms. The van der Waals surface area contributed by atoms with Gasteiger partial charge in [-0.15, -0.1) is 11.6 Å². The summed E-state index contributed by atoms with van der Waals surface area (Å²) < 4.78 is 21.6. The van der Waals surface area contributed by atoms with Crippen LogP contribution in [0.5, 0.6) is 0 Å². The molecule has 2 aromatic rings. The summed E-state index contributed by atoms with van der Waals surface area (Å²) in [7, 11) is 0. The minimum atomic E-state index is -0.342. The number of alkyl halides is 1. The maximum Gasteiger partial charge on any atom is 0.128 e. The number of hydrogen-bond donors (Lipinski definition) is 0. The fourth-order valence-corrected chi connectivity index (χ4v) is 2.72. The Morgan fingerprint density at radius 3 is 2.67 bits per heavy atom. The first kappa shape index (κ1) is 16.2. The molecule has 0 N–H and O–H groups in total. The molecule has 0 aliphatic carbocycles. The van der Waals surface area contributed by atoms with E-state index in [2.05, 4.69) is 4.98 Å². The summed E-state index contributed by atoms with van der Waals surface area (Å²) in [5.74, 6) is 0.495. The number of aromatic nitrogens is 2. The van der Waals surface area contributed by atoms with Gasteiger partial charge in [-0.05, 0) is 46.2 Å². The maximum absolute atomic E-state index is 13.7. The van der Waals surface area contributed by atoms with Gasteiger partial charge in [-0.1, -0.05) is 0 Å². The normalized spacial score (nSPS) is 13.9. The molecule has 0 saturated heterocycles. The molecule has 1 aromatic heterocycles. The Bertz CT molecular complexity index is 649. The third kappa shape index (κ3) is 3.38. The number of rotatable bonds is 5. The molecule has 1 heterocycles. The number of fused-ring (bicyclic) bond motifs is 1. The van der Waals surface area contributed by atoms with E-state index >= 15 is 0 Å². The van der Waals surface area contributed by atoms with E-state index in [0.717, 1.165) is 11.3 Å². The highest BCUT2D eigenvalue weighted by molar-refractivity contribution is 6.20. The van der Waals surface area contributed by atoms with Crippen LogP contribution in [-0.4, -0.2) is 21.8 Å². The molecule has 0 aliphatic heterocycles. The van der Waals surface area contributed by atoms with Crippen LogP contribution in [0.2, 0.25) is 0 Å². The average Bonchev–Trinajstić information content (AvgIpc) is 2.68. The van der Waals surface area contributed by atoms with Gasteiger partial charge in [0.2, 0.25) is 0 Å². The molecular weight excluding hydrogens is 291 g/mol. The van der Waals surface area contributed by atoms with Crippen molar-refractivity contribution in [2.75, 3.05) is 6.61 Å². The van der Waals surface area contributed by atoms with Crippen molar-refractivity contribution in [3.8, 4) is 0 Å². The van der Waals surface area contributed by atoms with Crippen molar-refractivity contribution in [2.45, 2.75) is 52.1 Å². The van der Waals surface area contributed by atoms with Crippen LogP contribution in [0.15, 0.2) is 12.1 Å². The molecule has 0 amide bonds. The number of nitrogens with zero attached hydrogens (tertiary/aromatic N) is 2. The monoisotopic (exact) mass is 312 g/mol. The van der Waals surface area contributed by atoms with E-state index in [1.54, 1.807) is 6.92 Å². The van der Waals surface area contributed by atoms with Gasteiger partial charge in [0.1, 0.15) is 11.6 Å². The zero-order valence-corrected chi connectivity index (χ0v) is 14.0. The number of imidazole rings is 1. The van der Waals surface area contributed by atoms with Gasteiger partial charge in [-0.2, -0.15) is 0 Å². The van der Waals surface area contributed by atoms with E-state index in [1.807, 2.05) is 38.3 Å². The van der Waals surface area contributed by atoms with Crippen molar-refractivity contribution in [3.63, 3.8) is 0 Å². The number of ether oxygens (including phenoxy) is 1. The van der Waals surface area contributed by atoms with Crippen LogP contribution < -0.4 is 0 Å². The fourth-order valence-electron chi connectivity index (χ4n) is 2.56. The van der Waals surface area contributed by atoms with Gasteiger partial charge in [0.15, 0.2) is 0 Å². The predicted molar refractivity (Wildman–Crippen MR) is 84.4 cm³/mol. The third-order valence-corrected chi connectivity index (χ3v) is 3.68. The first-order valence-electron chi connectivity index (χ1n) is 7.19. The largest absolute Gasteiger partial charge is 0.374 e. The number of halogens is 2. The van der Waals surface area contributed by atoms with Crippen LogP contribution in [0.1, 0.15) is 44.5 Å². The molecule has 1 unspecified atom stereocenters. The summed E-state index contributed by atoms with van der Waals surface area (Å²) >= 11 is 6.25. The third-order valence-electron chi connectivity index (χ3n) is 3.49. The molecule has 0 radical (unpaired) electrons. The first-order valence-corrected chi connectivity index (χ1v) is 7.63. The summed E-state index contributed by atoms with van der Waals surface area (Å²) in [6, 6.07) is 3.29. The van der Waals surface area contributed by atoms with E-state index < -0.39 is 0 Å². The molecule has 1 atom stereocenters. The molecule has 1 aromatic carbocycles. The lowest BCUT2D eigenvalue weighted by atomic mass is 10.1. The second-order valence-electron chi connectivity index (χ2n) is 5.95. The summed E-state index contributed by atoms with van der Waals surface area (Å²) in [6.45, 7) is 10.9. The lowest BCUT2D eigenvalue weighted by Gasteiger charge is -2.26. The molecule has 0 saturated carbocycles. The SMILES string of the molecule is CCOC(C)(C)Cn1c(C(C)Cl)nc2cc(F)c(C)cc21. The second-order valence-corrected chi connectivity index (χ2v) is 6.61. The van der Waals surface area contributed by atoms with Crippen LogP contribution in [0.3, 0.4) is 0 Å². The van der Waals surface area contributed by atoms with Crippen LogP contribution >= 0.6 is 11.6 Å². The van der Waals surface area contributed by atoms with Gasteiger partial charge < -0.3 is 9.30 Å². The highest BCUT2D eigenvalue weighted by Gasteiger charge is 2.24. The van der Waals surface area contributed by atoms with Crippen LogP contribution in [0.25, 0.3) is 11.0 Å². The standard InChI is InChI=1S/C16H22ClFN2O/c1-6-21-16(4,5)9-20-14-7-10(2)12(18)8-13(14)19-15(20)11(3)17/h7-8,11H,6,9H2,1-5H3. The Morgan fingerprint density at radius 2 is 2.10 bits per heavy atom. The first-order chi connectivity index (χ1) is 9.75. The van der Waals surface area contributed by atoms with Gasteiger partial charge in [-0.25, -0.2) is 9.37 Å². The van der Waals surface area contributed by atoms with Crippen molar-refractivity contribution in [3.05, 3.63) is 29.3 Å². The molecule has 0 fully saturated rings. The van der Waals surface area contributed by atoms with Crippen molar-refractivity contribution in [1.82, 2.24) is 9.55 Å². The molecule has 5 heteroatoms. The Labute approximate surface area is 130 Å². The van der Waals surface area contributed by atoms with Gasteiger partial charge in [0.05, 0.1) is 28.6 Å². The molecule has 116 valence electrons. The van der Waals surface area contributed by atoms with E-state index in [0.29, 0.717) is 24.2 Å². The smallest absolute Gasteiger partial charge is 0.128 e. The molecular formula is C16H22ClFN2O. The number of aryl methyl sites for hydroxylation is 1. The molecule has 0 bridgehead atoms. The van der Waals surface area contributed by atoms with Gasteiger partial charge >= 0.3 is 0 Å². The minimum Gasteiger partial charge on any atom is -0.374 e. The lowest BCUT2D eigenvalue weighted by molar-refractivity contribution is -0.0221. The summed E-state index contributed by atoms with van der Waals surface area (Å²) in [5.41, 5.74) is 1.79. The van der Waals surface area contributed by atoms with Gasteiger partial charge in [0, 0.05) is 12.7 Å².